The van der Waals surface area contributed by atoms with Crippen LogP contribution in [-0.2, 0) is 0 Å². The SMILES string of the molecule is CC(=O)c1cccc(SCCN2CCCCC2)c1. The Kier molecular flexibility index (Phi) is 5.26. The van der Waals surface area contributed by atoms with Crippen molar-refractivity contribution in [2.75, 3.05) is 25.4 Å². The summed E-state index contributed by atoms with van der Waals surface area (Å²) < 4.78 is 0. The van der Waals surface area contributed by atoms with E-state index in [0.717, 1.165) is 17.9 Å². The zero-order valence-corrected chi connectivity index (χ0v) is 11.8. The molecule has 2 nitrogen and oxygen atoms in total. The number of ketones is 1. The highest BCUT2D eigenvalue weighted by Gasteiger charge is 2.09. The standard InChI is InChI=1S/C15H21NOS/c1-13(17)14-6-5-7-15(12-14)18-11-10-16-8-3-2-4-9-16/h5-7,12H,2-4,8-11H2,1H3. The quantitative estimate of drug-likeness (QED) is 0.599. The van der Waals surface area contributed by atoms with Gasteiger partial charge in [0, 0.05) is 22.8 Å². The van der Waals surface area contributed by atoms with Crippen LogP contribution in [0.3, 0.4) is 0 Å². The van der Waals surface area contributed by atoms with Gasteiger partial charge in [-0.15, -0.1) is 11.8 Å². The Balaban J connectivity index is 1.78. The Morgan fingerprint density at radius 1 is 1.28 bits per heavy atom. The Morgan fingerprint density at radius 2 is 2.06 bits per heavy atom. The summed E-state index contributed by atoms with van der Waals surface area (Å²) in [5.74, 6) is 1.26. The molecule has 98 valence electrons. The lowest BCUT2D eigenvalue weighted by Crippen LogP contribution is -2.31. The maximum Gasteiger partial charge on any atom is 0.159 e. The van der Waals surface area contributed by atoms with Crippen LogP contribution in [0.15, 0.2) is 29.2 Å². The number of nitrogens with zero attached hydrogens (tertiary/aromatic N) is 1. The summed E-state index contributed by atoms with van der Waals surface area (Å²) in [5, 5.41) is 0. The van der Waals surface area contributed by atoms with Crippen LogP contribution in [0.5, 0.6) is 0 Å². The van der Waals surface area contributed by atoms with Crippen molar-refractivity contribution in [1.82, 2.24) is 4.90 Å². The number of thioether (sulfide) groups is 1. The summed E-state index contributed by atoms with van der Waals surface area (Å²) in [7, 11) is 0. The van der Waals surface area contributed by atoms with Crippen molar-refractivity contribution in [2.45, 2.75) is 31.1 Å². The highest BCUT2D eigenvalue weighted by molar-refractivity contribution is 7.99. The lowest BCUT2D eigenvalue weighted by Gasteiger charge is -2.26. The van der Waals surface area contributed by atoms with E-state index in [1.54, 1.807) is 6.92 Å². The van der Waals surface area contributed by atoms with E-state index in [4.69, 9.17) is 0 Å². The van der Waals surface area contributed by atoms with Crippen molar-refractivity contribution in [3.63, 3.8) is 0 Å². The molecule has 1 aromatic carbocycles. The third kappa shape index (κ3) is 4.14. The summed E-state index contributed by atoms with van der Waals surface area (Å²) in [4.78, 5) is 15.1. The molecule has 0 bridgehead atoms. The van der Waals surface area contributed by atoms with E-state index in [9.17, 15) is 4.79 Å². The molecule has 1 aliphatic heterocycles. The maximum atomic E-state index is 11.3. The van der Waals surface area contributed by atoms with Crippen LogP contribution in [0.1, 0.15) is 36.5 Å². The van der Waals surface area contributed by atoms with Gasteiger partial charge in [0.15, 0.2) is 5.78 Å². The molecule has 0 unspecified atom stereocenters. The number of Topliss-reactive ketones (excluding diaryl/α,β-unsaturated/α-hetero) is 1. The summed E-state index contributed by atoms with van der Waals surface area (Å²) in [6.45, 7) is 5.30. The molecule has 18 heavy (non-hydrogen) atoms. The molecule has 0 aliphatic carbocycles. The predicted molar refractivity (Wildman–Crippen MR) is 77.5 cm³/mol. The van der Waals surface area contributed by atoms with Gasteiger partial charge < -0.3 is 4.90 Å². The average Bonchev–Trinajstić information content (AvgIpc) is 2.40. The van der Waals surface area contributed by atoms with E-state index in [-0.39, 0.29) is 5.78 Å². The van der Waals surface area contributed by atoms with E-state index in [1.165, 1.54) is 37.2 Å². The first-order valence-electron chi connectivity index (χ1n) is 6.72. The van der Waals surface area contributed by atoms with E-state index in [2.05, 4.69) is 11.0 Å². The number of hydrogen-bond donors (Lipinski definition) is 0. The predicted octanol–water partition coefficient (Wildman–Crippen LogP) is 3.47. The monoisotopic (exact) mass is 263 g/mol. The minimum absolute atomic E-state index is 0.147. The number of piperidine rings is 1. The Hall–Kier alpha value is -0.800. The number of benzene rings is 1. The molecule has 0 spiro atoms. The Morgan fingerprint density at radius 3 is 2.78 bits per heavy atom. The van der Waals surface area contributed by atoms with Crippen LogP contribution < -0.4 is 0 Å². The molecule has 1 saturated heterocycles. The number of hydrogen-bond acceptors (Lipinski definition) is 3. The summed E-state index contributed by atoms with van der Waals surface area (Å²) >= 11 is 1.85. The normalized spacial score (nSPS) is 16.7. The van der Waals surface area contributed by atoms with Crippen LogP contribution in [0.2, 0.25) is 0 Å². The number of carbonyl (C=O) groups is 1. The molecule has 0 aromatic heterocycles. The van der Waals surface area contributed by atoms with Crippen LogP contribution >= 0.6 is 11.8 Å². The van der Waals surface area contributed by atoms with Crippen molar-refractivity contribution in [2.24, 2.45) is 0 Å². The zero-order valence-electron chi connectivity index (χ0n) is 11.0. The molecular weight excluding hydrogens is 242 g/mol. The van der Waals surface area contributed by atoms with Gasteiger partial charge in [-0.1, -0.05) is 18.6 Å². The molecule has 2 rings (SSSR count). The van der Waals surface area contributed by atoms with Gasteiger partial charge in [0.25, 0.3) is 0 Å². The van der Waals surface area contributed by atoms with Gasteiger partial charge in [0.1, 0.15) is 0 Å². The first kappa shape index (κ1) is 13.6. The third-order valence-electron chi connectivity index (χ3n) is 3.37. The van der Waals surface area contributed by atoms with Crippen LogP contribution in [0, 0.1) is 0 Å². The van der Waals surface area contributed by atoms with Gasteiger partial charge >= 0.3 is 0 Å². The van der Waals surface area contributed by atoms with Crippen molar-refractivity contribution >= 4 is 17.5 Å². The van der Waals surface area contributed by atoms with Crippen molar-refractivity contribution in [3.05, 3.63) is 29.8 Å². The van der Waals surface area contributed by atoms with Crippen LogP contribution in [-0.4, -0.2) is 36.1 Å². The molecule has 0 N–H and O–H groups in total. The minimum Gasteiger partial charge on any atom is -0.303 e. The number of likely N-dealkylation sites (tertiary alicyclic amines) is 1. The first-order chi connectivity index (χ1) is 8.75. The minimum atomic E-state index is 0.147. The second-order valence-electron chi connectivity index (χ2n) is 4.83. The molecule has 0 saturated carbocycles. The third-order valence-corrected chi connectivity index (χ3v) is 4.34. The molecule has 1 aromatic rings. The lowest BCUT2D eigenvalue weighted by molar-refractivity contribution is 0.101. The smallest absolute Gasteiger partial charge is 0.159 e. The topological polar surface area (TPSA) is 20.3 Å². The largest absolute Gasteiger partial charge is 0.303 e. The van der Waals surface area contributed by atoms with E-state index >= 15 is 0 Å². The fraction of sp³-hybridized carbons (Fsp3) is 0.533. The van der Waals surface area contributed by atoms with E-state index in [1.807, 2.05) is 30.0 Å². The zero-order chi connectivity index (χ0) is 12.8. The fourth-order valence-corrected chi connectivity index (χ4v) is 3.25. The van der Waals surface area contributed by atoms with Crippen molar-refractivity contribution < 1.29 is 4.79 Å². The molecule has 1 aliphatic rings. The molecule has 1 fully saturated rings. The molecule has 0 radical (unpaired) electrons. The van der Waals surface area contributed by atoms with Gasteiger partial charge in [0.2, 0.25) is 0 Å². The second-order valence-corrected chi connectivity index (χ2v) is 6.00. The van der Waals surface area contributed by atoms with Crippen molar-refractivity contribution in [3.8, 4) is 0 Å². The van der Waals surface area contributed by atoms with Crippen LogP contribution in [0.25, 0.3) is 0 Å². The van der Waals surface area contributed by atoms with E-state index in [0.29, 0.717) is 0 Å². The fourth-order valence-electron chi connectivity index (χ4n) is 2.28. The Bertz CT molecular complexity index is 399. The average molecular weight is 263 g/mol. The molecule has 3 heteroatoms. The van der Waals surface area contributed by atoms with Gasteiger partial charge in [0.05, 0.1) is 0 Å². The van der Waals surface area contributed by atoms with Gasteiger partial charge in [-0.2, -0.15) is 0 Å². The van der Waals surface area contributed by atoms with Crippen molar-refractivity contribution in [1.29, 1.82) is 0 Å². The van der Waals surface area contributed by atoms with Gasteiger partial charge in [-0.25, -0.2) is 0 Å². The first-order valence-corrected chi connectivity index (χ1v) is 7.70. The number of rotatable bonds is 5. The molecule has 1 heterocycles. The van der Waals surface area contributed by atoms with Gasteiger partial charge in [-0.05, 0) is 45.0 Å². The lowest BCUT2D eigenvalue weighted by atomic mass is 10.1. The van der Waals surface area contributed by atoms with Gasteiger partial charge in [-0.3, -0.25) is 4.79 Å². The second kappa shape index (κ2) is 6.95. The number of carbonyl (C=O) groups excluding carboxylic acids is 1. The van der Waals surface area contributed by atoms with E-state index < -0.39 is 0 Å². The van der Waals surface area contributed by atoms with Crippen LogP contribution in [0.4, 0.5) is 0 Å². The Labute approximate surface area is 114 Å². The molecule has 0 amide bonds. The summed E-state index contributed by atoms with van der Waals surface area (Å²) in [6.07, 6.45) is 4.10. The summed E-state index contributed by atoms with van der Waals surface area (Å²) in [6, 6.07) is 7.95. The summed E-state index contributed by atoms with van der Waals surface area (Å²) in [5.41, 5.74) is 0.818. The highest BCUT2D eigenvalue weighted by Crippen LogP contribution is 2.20. The molecular formula is C15H21NOS. The maximum absolute atomic E-state index is 11.3. The molecule has 0 atom stereocenters. The highest BCUT2D eigenvalue weighted by atomic mass is 32.2.